The number of hydrogen-bond acceptors (Lipinski definition) is 4. The van der Waals surface area contributed by atoms with Crippen LogP contribution in [0.1, 0.15) is 16.8 Å². The molecule has 0 aromatic heterocycles. The maximum absolute atomic E-state index is 13.0. The lowest BCUT2D eigenvalue weighted by Gasteiger charge is -2.32. The SMILES string of the molecule is CN(C)C=C(CCN1CCN(C)CC1)C(=O)c1ccc(F)cc1. The molecule has 0 saturated carbocycles. The van der Waals surface area contributed by atoms with Crippen molar-refractivity contribution in [2.45, 2.75) is 6.42 Å². The summed E-state index contributed by atoms with van der Waals surface area (Å²) >= 11 is 0. The van der Waals surface area contributed by atoms with Gasteiger partial charge >= 0.3 is 0 Å². The Kier molecular flexibility index (Phi) is 6.30. The molecule has 0 aliphatic carbocycles. The van der Waals surface area contributed by atoms with Crippen molar-refractivity contribution in [2.24, 2.45) is 0 Å². The van der Waals surface area contributed by atoms with Crippen molar-refractivity contribution in [3.63, 3.8) is 0 Å². The van der Waals surface area contributed by atoms with E-state index in [4.69, 9.17) is 0 Å². The van der Waals surface area contributed by atoms with Crippen molar-refractivity contribution >= 4 is 5.78 Å². The molecule has 0 radical (unpaired) electrons. The van der Waals surface area contributed by atoms with Crippen LogP contribution in [0.4, 0.5) is 4.39 Å². The first-order valence-electron chi connectivity index (χ1n) is 8.04. The third-order valence-electron chi connectivity index (χ3n) is 4.11. The second-order valence-corrected chi connectivity index (χ2v) is 6.35. The first-order chi connectivity index (χ1) is 11.0. The van der Waals surface area contributed by atoms with Gasteiger partial charge in [0.2, 0.25) is 0 Å². The van der Waals surface area contributed by atoms with Crippen molar-refractivity contribution in [1.29, 1.82) is 0 Å². The zero-order valence-electron chi connectivity index (χ0n) is 14.3. The number of benzene rings is 1. The van der Waals surface area contributed by atoms with E-state index >= 15 is 0 Å². The fourth-order valence-electron chi connectivity index (χ4n) is 2.69. The number of carbonyl (C=O) groups is 1. The second-order valence-electron chi connectivity index (χ2n) is 6.35. The van der Waals surface area contributed by atoms with Gasteiger partial charge in [0.25, 0.3) is 0 Å². The van der Waals surface area contributed by atoms with Crippen LogP contribution in [-0.4, -0.2) is 74.3 Å². The van der Waals surface area contributed by atoms with E-state index in [9.17, 15) is 9.18 Å². The molecule has 0 N–H and O–H groups in total. The van der Waals surface area contributed by atoms with E-state index in [0.717, 1.165) is 38.3 Å². The molecule has 2 rings (SSSR count). The van der Waals surface area contributed by atoms with Gasteiger partial charge in [0.15, 0.2) is 5.78 Å². The number of hydrogen-bond donors (Lipinski definition) is 0. The van der Waals surface area contributed by atoms with Gasteiger partial charge in [0.1, 0.15) is 5.82 Å². The van der Waals surface area contributed by atoms with E-state index in [2.05, 4.69) is 16.8 Å². The number of rotatable bonds is 6. The molecule has 1 aromatic rings. The molecule has 0 amide bonds. The molecule has 1 heterocycles. The van der Waals surface area contributed by atoms with Gasteiger partial charge in [-0.25, -0.2) is 4.39 Å². The highest BCUT2D eigenvalue weighted by atomic mass is 19.1. The van der Waals surface area contributed by atoms with E-state index in [0.29, 0.717) is 12.0 Å². The van der Waals surface area contributed by atoms with Crippen LogP contribution in [0.15, 0.2) is 36.0 Å². The molecule has 126 valence electrons. The van der Waals surface area contributed by atoms with E-state index in [1.807, 2.05) is 25.2 Å². The maximum atomic E-state index is 13.0. The summed E-state index contributed by atoms with van der Waals surface area (Å²) in [4.78, 5) is 19.3. The molecule has 1 aromatic carbocycles. The fraction of sp³-hybridized carbons (Fsp3) is 0.500. The van der Waals surface area contributed by atoms with E-state index in [1.165, 1.54) is 12.1 Å². The van der Waals surface area contributed by atoms with Gasteiger partial charge in [-0.05, 0) is 37.7 Å². The Hall–Kier alpha value is -1.72. The minimum atomic E-state index is -0.322. The quantitative estimate of drug-likeness (QED) is 0.593. The summed E-state index contributed by atoms with van der Waals surface area (Å²) in [7, 11) is 5.95. The van der Waals surface area contributed by atoms with Gasteiger partial charge < -0.3 is 14.7 Å². The van der Waals surface area contributed by atoms with Gasteiger partial charge in [0.05, 0.1) is 0 Å². The van der Waals surface area contributed by atoms with Crippen molar-refractivity contribution < 1.29 is 9.18 Å². The fourth-order valence-corrected chi connectivity index (χ4v) is 2.69. The van der Waals surface area contributed by atoms with Gasteiger partial charge in [-0.15, -0.1) is 0 Å². The van der Waals surface area contributed by atoms with Crippen molar-refractivity contribution in [2.75, 3.05) is 53.9 Å². The topological polar surface area (TPSA) is 26.8 Å². The molecule has 23 heavy (non-hydrogen) atoms. The van der Waals surface area contributed by atoms with Gasteiger partial charge in [-0.3, -0.25) is 4.79 Å². The van der Waals surface area contributed by atoms with Gasteiger partial charge in [-0.1, -0.05) is 0 Å². The summed E-state index contributed by atoms with van der Waals surface area (Å²) in [6, 6.07) is 5.77. The third-order valence-corrected chi connectivity index (χ3v) is 4.11. The first-order valence-corrected chi connectivity index (χ1v) is 8.04. The summed E-state index contributed by atoms with van der Waals surface area (Å²) in [6.07, 6.45) is 2.58. The summed E-state index contributed by atoms with van der Waals surface area (Å²) in [6.45, 7) is 5.09. The monoisotopic (exact) mass is 319 g/mol. The molecule has 0 bridgehead atoms. The number of halogens is 1. The molecule has 0 atom stereocenters. The van der Waals surface area contributed by atoms with Crippen LogP contribution >= 0.6 is 0 Å². The Labute approximate surface area is 138 Å². The molecule has 1 saturated heterocycles. The van der Waals surface area contributed by atoms with Crippen molar-refractivity contribution in [3.8, 4) is 0 Å². The van der Waals surface area contributed by atoms with Crippen LogP contribution in [0, 0.1) is 5.82 Å². The highest BCUT2D eigenvalue weighted by Crippen LogP contribution is 2.14. The second kappa shape index (κ2) is 8.22. The molecule has 0 spiro atoms. The van der Waals surface area contributed by atoms with E-state index in [-0.39, 0.29) is 11.6 Å². The number of nitrogens with zero attached hydrogens (tertiary/aromatic N) is 3. The Balaban J connectivity index is 2.02. The van der Waals surface area contributed by atoms with Crippen LogP contribution in [0.25, 0.3) is 0 Å². The molecule has 5 heteroatoms. The van der Waals surface area contributed by atoms with Crippen LogP contribution in [0.5, 0.6) is 0 Å². The first kappa shape index (κ1) is 17.6. The Morgan fingerprint density at radius 1 is 1.17 bits per heavy atom. The van der Waals surface area contributed by atoms with Crippen molar-refractivity contribution in [3.05, 3.63) is 47.4 Å². The molecule has 1 fully saturated rings. The smallest absolute Gasteiger partial charge is 0.190 e. The van der Waals surface area contributed by atoms with Crippen LogP contribution < -0.4 is 0 Å². The zero-order chi connectivity index (χ0) is 16.8. The average molecular weight is 319 g/mol. The Morgan fingerprint density at radius 3 is 2.35 bits per heavy atom. The summed E-state index contributed by atoms with van der Waals surface area (Å²) in [5.41, 5.74) is 1.30. The van der Waals surface area contributed by atoms with Gasteiger partial charge in [-0.2, -0.15) is 0 Å². The summed E-state index contributed by atoms with van der Waals surface area (Å²) in [5.74, 6) is -0.343. The van der Waals surface area contributed by atoms with Gasteiger partial charge in [0, 0.05) is 64.2 Å². The molecular weight excluding hydrogens is 293 g/mol. The predicted molar refractivity (Wildman–Crippen MR) is 91.1 cm³/mol. The number of piperazine rings is 1. The highest BCUT2D eigenvalue weighted by molar-refractivity contribution is 6.08. The lowest BCUT2D eigenvalue weighted by molar-refractivity contribution is 0.102. The maximum Gasteiger partial charge on any atom is 0.190 e. The van der Waals surface area contributed by atoms with Crippen LogP contribution in [0.2, 0.25) is 0 Å². The van der Waals surface area contributed by atoms with E-state index in [1.54, 1.807) is 12.1 Å². The molecule has 4 nitrogen and oxygen atoms in total. The van der Waals surface area contributed by atoms with Crippen LogP contribution in [0.3, 0.4) is 0 Å². The third kappa shape index (κ3) is 5.44. The highest BCUT2D eigenvalue weighted by Gasteiger charge is 2.17. The van der Waals surface area contributed by atoms with Crippen LogP contribution in [-0.2, 0) is 0 Å². The number of Topliss-reactive ketones (excluding diaryl/α,β-unsaturated/α-hetero) is 1. The Morgan fingerprint density at radius 2 is 1.78 bits per heavy atom. The number of ketones is 1. The predicted octanol–water partition coefficient (Wildman–Crippen LogP) is 2.09. The molecular formula is C18H26FN3O. The molecule has 0 unspecified atom stereocenters. The summed E-state index contributed by atoms with van der Waals surface area (Å²) < 4.78 is 13.0. The largest absolute Gasteiger partial charge is 0.383 e. The van der Waals surface area contributed by atoms with Crippen molar-refractivity contribution in [1.82, 2.24) is 14.7 Å². The minimum Gasteiger partial charge on any atom is -0.383 e. The normalized spacial score (nSPS) is 17.3. The Bertz CT molecular complexity index is 546. The lowest BCUT2D eigenvalue weighted by atomic mass is 10.0. The lowest BCUT2D eigenvalue weighted by Crippen LogP contribution is -2.44. The average Bonchev–Trinajstić information content (AvgIpc) is 2.52. The standard InChI is InChI=1S/C18H26FN3O/c1-20(2)14-16(8-9-22-12-10-21(3)11-13-22)18(23)15-4-6-17(19)7-5-15/h4-7,14H,8-13H2,1-3H3. The number of carbonyl (C=O) groups excluding carboxylic acids is 1. The molecule has 1 aliphatic rings. The van der Waals surface area contributed by atoms with E-state index < -0.39 is 0 Å². The minimum absolute atomic E-state index is 0.0205. The number of likely N-dealkylation sites (N-methyl/N-ethyl adjacent to an activating group) is 1. The zero-order valence-corrected chi connectivity index (χ0v) is 14.3. The summed E-state index contributed by atoms with van der Waals surface area (Å²) in [5, 5.41) is 0. The molecule has 1 aliphatic heterocycles.